The van der Waals surface area contributed by atoms with E-state index >= 15 is 0 Å². The van der Waals surface area contributed by atoms with Crippen LogP contribution < -0.4 is 0 Å². The molecule has 0 aromatic rings. The predicted molar refractivity (Wildman–Crippen MR) is 95.8 cm³/mol. The third-order valence-corrected chi connectivity index (χ3v) is 5.67. The van der Waals surface area contributed by atoms with Crippen molar-refractivity contribution in [2.45, 2.75) is 86.0 Å². The standard InChI is InChI=1S/C17H28O16/c18-1-4-6(21)7(22)9(24)17(30-4)33-13-11(10(25)12(14(26)27)31-15(13)28)32-16-8(23)5(20)3(19)2-29-16/h3-13,15-25,28H,1-2H2,(H,26,27)/t3-,4-,5+,6+,7+,8-,9-,10+,11+,12+,13-,15?,16+,17+/m1/s1. The van der Waals surface area contributed by atoms with Crippen molar-refractivity contribution in [3.63, 3.8) is 0 Å². The number of ether oxygens (including phenoxy) is 5. The summed E-state index contributed by atoms with van der Waals surface area (Å²) in [6.45, 7) is -1.29. The fourth-order valence-electron chi connectivity index (χ4n) is 3.73. The Morgan fingerprint density at radius 2 is 1.36 bits per heavy atom. The van der Waals surface area contributed by atoms with Crippen molar-refractivity contribution in [1.82, 2.24) is 0 Å². The summed E-state index contributed by atoms with van der Waals surface area (Å²) >= 11 is 0. The van der Waals surface area contributed by atoms with Gasteiger partial charge >= 0.3 is 5.97 Å². The molecule has 3 heterocycles. The van der Waals surface area contributed by atoms with Gasteiger partial charge in [0.1, 0.15) is 61.0 Å². The molecule has 14 atom stereocenters. The highest BCUT2D eigenvalue weighted by Gasteiger charge is 2.54. The third-order valence-electron chi connectivity index (χ3n) is 5.67. The van der Waals surface area contributed by atoms with E-state index in [4.69, 9.17) is 23.7 Å². The van der Waals surface area contributed by atoms with Crippen LogP contribution in [0, 0.1) is 0 Å². The molecule has 3 fully saturated rings. The zero-order chi connectivity index (χ0) is 24.6. The summed E-state index contributed by atoms with van der Waals surface area (Å²) in [6.07, 6.45) is -25.3. The van der Waals surface area contributed by atoms with Crippen molar-refractivity contribution >= 4 is 5.97 Å². The minimum absolute atomic E-state index is 0.495. The Balaban J connectivity index is 1.83. The van der Waals surface area contributed by atoms with Crippen molar-refractivity contribution in [2.75, 3.05) is 13.2 Å². The number of aliphatic hydroxyl groups excluding tert-OH is 9. The summed E-state index contributed by atoms with van der Waals surface area (Å²) in [7, 11) is 0. The topological polar surface area (TPSA) is 266 Å². The van der Waals surface area contributed by atoms with Crippen molar-refractivity contribution in [1.29, 1.82) is 0 Å². The minimum Gasteiger partial charge on any atom is -0.479 e. The Hall–Kier alpha value is -1.09. The van der Waals surface area contributed by atoms with Crippen LogP contribution in [-0.2, 0) is 28.5 Å². The highest BCUT2D eigenvalue weighted by molar-refractivity contribution is 5.73. The smallest absolute Gasteiger partial charge is 0.335 e. The van der Waals surface area contributed by atoms with Crippen molar-refractivity contribution in [3.05, 3.63) is 0 Å². The van der Waals surface area contributed by atoms with E-state index in [9.17, 15) is 55.9 Å². The van der Waals surface area contributed by atoms with E-state index in [1.54, 1.807) is 0 Å². The van der Waals surface area contributed by atoms with E-state index < -0.39 is 105 Å². The molecule has 0 radical (unpaired) electrons. The minimum atomic E-state index is -2.12. The third kappa shape index (κ3) is 5.29. The van der Waals surface area contributed by atoms with Crippen LogP contribution in [0.25, 0.3) is 0 Å². The van der Waals surface area contributed by atoms with E-state index in [0.29, 0.717) is 0 Å². The van der Waals surface area contributed by atoms with Gasteiger partial charge in [0.25, 0.3) is 0 Å². The molecule has 0 amide bonds. The van der Waals surface area contributed by atoms with Crippen LogP contribution in [0.1, 0.15) is 0 Å². The summed E-state index contributed by atoms with van der Waals surface area (Å²) in [5.74, 6) is -1.69. The number of carboxylic acid groups (broad SMARTS) is 1. The van der Waals surface area contributed by atoms with Gasteiger partial charge in [-0.05, 0) is 0 Å². The first-order chi connectivity index (χ1) is 15.5. The zero-order valence-electron chi connectivity index (χ0n) is 16.9. The molecular formula is C17H28O16. The second-order valence-corrected chi connectivity index (χ2v) is 7.93. The summed E-state index contributed by atoms with van der Waals surface area (Å²) in [4.78, 5) is 11.4. The molecule has 192 valence electrons. The van der Waals surface area contributed by atoms with Crippen LogP contribution in [0.4, 0.5) is 0 Å². The molecule has 0 aliphatic carbocycles. The summed E-state index contributed by atoms with van der Waals surface area (Å²) in [6, 6.07) is 0. The number of aliphatic carboxylic acids is 1. The molecule has 0 saturated carbocycles. The average molecular weight is 488 g/mol. The van der Waals surface area contributed by atoms with Gasteiger partial charge in [0.2, 0.25) is 0 Å². The highest BCUT2D eigenvalue weighted by Crippen LogP contribution is 2.32. The molecule has 0 aromatic carbocycles. The van der Waals surface area contributed by atoms with Crippen LogP contribution in [0.5, 0.6) is 0 Å². The number of carbonyl (C=O) groups is 1. The molecule has 0 aromatic heterocycles. The Labute approximate surface area is 185 Å². The Kier molecular flexibility index (Phi) is 8.57. The number of hydrogen-bond donors (Lipinski definition) is 10. The predicted octanol–water partition coefficient (Wildman–Crippen LogP) is -6.84. The normalized spacial score (nSPS) is 51.3. The molecule has 16 nitrogen and oxygen atoms in total. The van der Waals surface area contributed by atoms with Crippen molar-refractivity contribution in [3.8, 4) is 0 Å². The maximum absolute atomic E-state index is 11.4. The Morgan fingerprint density at radius 1 is 0.758 bits per heavy atom. The Morgan fingerprint density at radius 3 is 1.97 bits per heavy atom. The van der Waals surface area contributed by atoms with E-state index in [1.165, 1.54) is 0 Å². The van der Waals surface area contributed by atoms with Gasteiger partial charge < -0.3 is 74.7 Å². The van der Waals surface area contributed by atoms with Crippen LogP contribution in [-0.4, -0.2) is 156 Å². The first-order valence-electron chi connectivity index (χ1n) is 9.99. The van der Waals surface area contributed by atoms with Crippen LogP contribution in [0.2, 0.25) is 0 Å². The number of aliphatic hydroxyl groups is 9. The molecule has 1 unspecified atom stereocenters. The average Bonchev–Trinajstić information content (AvgIpc) is 2.77. The fourth-order valence-corrected chi connectivity index (χ4v) is 3.73. The molecule has 3 rings (SSSR count). The molecule has 0 bridgehead atoms. The van der Waals surface area contributed by atoms with E-state index in [2.05, 4.69) is 0 Å². The van der Waals surface area contributed by atoms with Gasteiger partial charge in [0.15, 0.2) is 25.0 Å². The molecule has 3 saturated heterocycles. The first-order valence-corrected chi connectivity index (χ1v) is 9.99. The monoisotopic (exact) mass is 488 g/mol. The second kappa shape index (κ2) is 10.7. The van der Waals surface area contributed by atoms with Gasteiger partial charge in [0, 0.05) is 0 Å². The van der Waals surface area contributed by atoms with Gasteiger partial charge in [-0.2, -0.15) is 0 Å². The van der Waals surface area contributed by atoms with Gasteiger partial charge in [-0.25, -0.2) is 4.79 Å². The van der Waals surface area contributed by atoms with E-state index in [1.807, 2.05) is 0 Å². The lowest BCUT2D eigenvalue weighted by atomic mass is 9.96. The first kappa shape index (κ1) is 26.5. The molecule has 0 spiro atoms. The largest absolute Gasteiger partial charge is 0.479 e. The second-order valence-electron chi connectivity index (χ2n) is 7.93. The van der Waals surface area contributed by atoms with Gasteiger partial charge in [0.05, 0.1) is 13.2 Å². The van der Waals surface area contributed by atoms with Crippen LogP contribution >= 0.6 is 0 Å². The summed E-state index contributed by atoms with van der Waals surface area (Å²) in [5, 5.41) is 98.8. The zero-order valence-corrected chi connectivity index (χ0v) is 16.9. The lowest BCUT2D eigenvalue weighted by Gasteiger charge is -2.47. The SMILES string of the molecule is O=C(O)[C@H]1OC(O)[C@H](O[C@@H]2O[C@H](CO)[C@H](O)[C@H](O)[C@H]2O)[C@@H](O[C@@H]2OC[C@@H](O)[C@H](O)[C@H]2O)[C@@H]1O. The molecule has 33 heavy (non-hydrogen) atoms. The van der Waals surface area contributed by atoms with Crippen LogP contribution in [0.3, 0.4) is 0 Å². The van der Waals surface area contributed by atoms with Gasteiger partial charge in [-0.1, -0.05) is 0 Å². The van der Waals surface area contributed by atoms with Gasteiger partial charge in [-0.3, -0.25) is 0 Å². The van der Waals surface area contributed by atoms with E-state index in [0.717, 1.165) is 0 Å². The molecule has 10 N–H and O–H groups in total. The maximum atomic E-state index is 11.4. The lowest BCUT2D eigenvalue weighted by Crippen LogP contribution is -2.66. The molecule has 16 heteroatoms. The Bertz CT molecular complexity index is 663. The number of carboxylic acids is 1. The highest BCUT2D eigenvalue weighted by atomic mass is 16.8. The number of rotatable bonds is 6. The quantitative estimate of drug-likeness (QED) is 0.166. The summed E-state index contributed by atoms with van der Waals surface area (Å²) < 4.78 is 25.9. The van der Waals surface area contributed by atoms with Crippen molar-refractivity contribution in [2.24, 2.45) is 0 Å². The summed E-state index contributed by atoms with van der Waals surface area (Å²) in [5.41, 5.74) is 0. The van der Waals surface area contributed by atoms with Gasteiger partial charge in [-0.15, -0.1) is 0 Å². The van der Waals surface area contributed by atoms with E-state index in [-0.39, 0.29) is 0 Å². The molecule has 3 aliphatic rings. The van der Waals surface area contributed by atoms with Crippen molar-refractivity contribution < 1.29 is 79.5 Å². The molecule has 3 aliphatic heterocycles. The lowest BCUT2D eigenvalue weighted by molar-refractivity contribution is -0.379. The number of hydrogen-bond acceptors (Lipinski definition) is 15. The molecular weight excluding hydrogens is 460 g/mol. The maximum Gasteiger partial charge on any atom is 0.335 e. The fraction of sp³-hybridized carbons (Fsp3) is 0.941. The van der Waals surface area contributed by atoms with Crippen LogP contribution in [0.15, 0.2) is 0 Å².